The molecule has 0 spiro atoms. The molecule has 1 aromatic carbocycles. The van der Waals surface area contributed by atoms with Gasteiger partial charge in [0.05, 0.1) is 29.1 Å². The first-order valence-electron chi connectivity index (χ1n) is 11.4. The smallest absolute Gasteiger partial charge is 0.247 e. The van der Waals surface area contributed by atoms with Crippen LogP contribution in [0.25, 0.3) is 22.2 Å². The molecule has 1 aliphatic rings. The SMILES string of the molecule is C=CC(=O)Nc1ccnc(-c2cccc3cnc(Nc4ccc(NC5CN(C(C)=O)C5)nc4)nc23)c1. The van der Waals surface area contributed by atoms with Gasteiger partial charge in [0.1, 0.15) is 5.82 Å². The van der Waals surface area contributed by atoms with Crippen LogP contribution in [0.4, 0.5) is 23.1 Å². The van der Waals surface area contributed by atoms with Crippen molar-refractivity contribution < 1.29 is 9.59 Å². The number of fused-ring (bicyclic) bond motifs is 1. The Morgan fingerprint density at radius 3 is 2.67 bits per heavy atom. The summed E-state index contributed by atoms with van der Waals surface area (Å²) >= 11 is 0. The molecule has 4 aromatic rings. The van der Waals surface area contributed by atoms with Crippen LogP contribution in [0.5, 0.6) is 0 Å². The molecule has 5 rings (SSSR count). The number of amides is 2. The lowest BCUT2D eigenvalue weighted by Gasteiger charge is -2.39. The van der Waals surface area contributed by atoms with Crippen molar-refractivity contribution in [3.8, 4) is 11.3 Å². The van der Waals surface area contributed by atoms with E-state index in [-0.39, 0.29) is 17.9 Å². The van der Waals surface area contributed by atoms with Crippen molar-refractivity contribution in [2.45, 2.75) is 13.0 Å². The predicted octanol–water partition coefficient (Wildman–Crippen LogP) is 3.60. The summed E-state index contributed by atoms with van der Waals surface area (Å²) in [5, 5.41) is 10.1. The van der Waals surface area contributed by atoms with Crippen LogP contribution >= 0.6 is 0 Å². The van der Waals surface area contributed by atoms with Gasteiger partial charge in [0.2, 0.25) is 17.8 Å². The van der Waals surface area contributed by atoms with E-state index in [0.717, 1.165) is 28.0 Å². The average molecular weight is 481 g/mol. The van der Waals surface area contributed by atoms with E-state index >= 15 is 0 Å². The fourth-order valence-electron chi connectivity index (χ4n) is 3.89. The molecule has 3 aromatic heterocycles. The molecule has 1 saturated heterocycles. The number of anilines is 4. The number of rotatable bonds is 7. The van der Waals surface area contributed by atoms with Gasteiger partial charge in [0.25, 0.3) is 0 Å². The van der Waals surface area contributed by atoms with Gasteiger partial charge in [-0.25, -0.2) is 15.0 Å². The summed E-state index contributed by atoms with van der Waals surface area (Å²) in [6.07, 6.45) is 6.31. The van der Waals surface area contributed by atoms with Gasteiger partial charge in [-0.15, -0.1) is 0 Å². The lowest BCUT2D eigenvalue weighted by atomic mass is 10.1. The van der Waals surface area contributed by atoms with E-state index in [4.69, 9.17) is 4.98 Å². The zero-order chi connectivity index (χ0) is 25.1. The Hall–Kier alpha value is -4.86. The molecule has 36 heavy (non-hydrogen) atoms. The molecular formula is C26H24N8O2. The molecule has 10 heteroatoms. The lowest BCUT2D eigenvalue weighted by molar-refractivity contribution is -0.132. The first kappa shape index (κ1) is 22.9. The molecule has 4 heterocycles. The van der Waals surface area contributed by atoms with Crippen molar-refractivity contribution in [1.29, 1.82) is 0 Å². The molecule has 0 saturated carbocycles. The van der Waals surface area contributed by atoms with Gasteiger partial charge in [-0.2, -0.15) is 0 Å². The van der Waals surface area contributed by atoms with Crippen LogP contribution in [0.15, 0.2) is 73.7 Å². The van der Waals surface area contributed by atoms with Crippen molar-refractivity contribution in [2.75, 3.05) is 29.0 Å². The Labute approximate surface area is 207 Å². The number of hydrogen-bond acceptors (Lipinski definition) is 8. The van der Waals surface area contributed by atoms with Gasteiger partial charge in [-0.3, -0.25) is 14.6 Å². The zero-order valence-corrected chi connectivity index (χ0v) is 19.6. The second-order valence-electron chi connectivity index (χ2n) is 8.38. The van der Waals surface area contributed by atoms with E-state index < -0.39 is 0 Å². The highest BCUT2D eigenvalue weighted by molar-refractivity contribution is 5.99. The molecule has 1 fully saturated rings. The fourth-order valence-corrected chi connectivity index (χ4v) is 3.89. The fraction of sp³-hybridized carbons (Fsp3) is 0.154. The summed E-state index contributed by atoms with van der Waals surface area (Å²) in [5.41, 5.74) is 3.56. The Morgan fingerprint density at radius 1 is 1.06 bits per heavy atom. The number of pyridine rings is 2. The van der Waals surface area contributed by atoms with Crippen LogP contribution in [0.1, 0.15) is 6.92 Å². The molecule has 0 atom stereocenters. The summed E-state index contributed by atoms with van der Waals surface area (Å²) in [5.74, 6) is 0.955. The third-order valence-electron chi connectivity index (χ3n) is 5.80. The van der Waals surface area contributed by atoms with Gasteiger partial charge in [0.15, 0.2) is 0 Å². The van der Waals surface area contributed by atoms with Crippen LogP contribution in [0, 0.1) is 0 Å². The number of carbonyl (C=O) groups excluding carboxylic acids is 2. The van der Waals surface area contributed by atoms with E-state index in [2.05, 4.69) is 37.5 Å². The van der Waals surface area contributed by atoms with Crippen LogP contribution in [-0.2, 0) is 9.59 Å². The van der Waals surface area contributed by atoms with Gasteiger partial charge in [0, 0.05) is 49.0 Å². The summed E-state index contributed by atoms with van der Waals surface area (Å²) in [6.45, 7) is 6.42. The van der Waals surface area contributed by atoms with Crippen LogP contribution in [0.2, 0.25) is 0 Å². The monoisotopic (exact) mass is 480 g/mol. The first-order chi connectivity index (χ1) is 17.5. The Balaban J connectivity index is 1.33. The largest absolute Gasteiger partial charge is 0.364 e. The van der Waals surface area contributed by atoms with Gasteiger partial charge in [-0.05, 0) is 30.3 Å². The van der Waals surface area contributed by atoms with Crippen LogP contribution < -0.4 is 16.0 Å². The normalized spacial score (nSPS) is 13.1. The van der Waals surface area contributed by atoms with Crippen molar-refractivity contribution in [3.63, 3.8) is 0 Å². The quantitative estimate of drug-likeness (QED) is 0.343. The molecular weight excluding hydrogens is 456 g/mol. The van der Waals surface area contributed by atoms with E-state index in [0.29, 0.717) is 30.4 Å². The first-order valence-corrected chi connectivity index (χ1v) is 11.4. The van der Waals surface area contributed by atoms with E-state index in [1.54, 1.807) is 42.5 Å². The Bertz CT molecular complexity index is 1450. The predicted molar refractivity (Wildman–Crippen MR) is 139 cm³/mol. The van der Waals surface area contributed by atoms with Crippen molar-refractivity contribution in [2.24, 2.45) is 0 Å². The van der Waals surface area contributed by atoms with Gasteiger partial charge >= 0.3 is 0 Å². The van der Waals surface area contributed by atoms with E-state index in [9.17, 15) is 9.59 Å². The van der Waals surface area contributed by atoms with E-state index in [1.807, 2.05) is 30.3 Å². The molecule has 180 valence electrons. The maximum absolute atomic E-state index is 11.7. The van der Waals surface area contributed by atoms with Crippen molar-refractivity contribution in [3.05, 3.63) is 73.7 Å². The number of likely N-dealkylation sites (tertiary alicyclic amines) is 1. The van der Waals surface area contributed by atoms with Crippen molar-refractivity contribution in [1.82, 2.24) is 24.8 Å². The molecule has 0 bridgehead atoms. The minimum absolute atomic E-state index is 0.0852. The minimum Gasteiger partial charge on any atom is -0.364 e. The molecule has 0 unspecified atom stereocenters. The summed E-state index contributed by atoms with van der Waals surface area (Å²) in [7, 11) is 0. The highest BCUT2D eigenvalue weighted by Gasteiger charge is 2.28. The number of nitrogens with zero attached hydrogens (tertiary/aromatic N) is 5. The molecule has 2 amide bonds. The van der Waals surface area contributed by atoms with Crippen molar-refractivity contribution >= 4 is 45.9 Å². The summed E-state index contributed by atoms with van der Waals surface area (Å²) in [4.78, 5) is 42.9. The van der Waals surface area contributed by atoms with Gasteiger partial charge < -0.3 is 20.9 Å². The molecule has 1 aliphatic heterocycles. The number of carbonyl (C=O) groups is 2. The van der Waals surface area contributed by atoms with Gasteiger partial charge in [-0.1, -0.05) is 24.8 Å². The summed E-state index contributed by atoms with van der Waals surface area (Å²) in [6, 6.07) is 13.3. The minimum atomic E-state index is -0.292. The third kappa shape index (κ3) is 4.97. The molecule has 3 N–H and O–H groups in total. The number of para-hydroxylation sites is 1. The topological polar surface area (TPSA) is 125 Å². The molecule has 0 radical (unpaired) electrons. The van der Waals surface area contributed by atoms with Crippen LogP contribution in [0.3, 0.4) is 0 Å². The number of benzene rings is 1. The highest BCUT2D eigenvalue weighted by Crippen LogP contribution is 2.28. The molecule has 0 aliphatic carbocycles. The standard InChI is InChI=1S/C26H24N8O2/c1-3-24(36)31-18-9-10-27-22(11-18)21-6-4-5-17-12-29-26(33-25(17)21)32-19-7-8-23(28-13-19)30-20-14-34(15-20)16(2)35/h3-13,20H,1,14-15H2,2H3,(H,28,30)(H,27,31,36)(H,29,32,33). The zero-order valence-electron chi connectivity index (χ0n) is 19.6. The molecule has 10 nitrogen and oxygen atoms in total. The third-order valence-corrected chi connectivity index (χ3v) is 5.80. The van der Waals surface area contributed by atoms with E-state index in [1.165, 1.54) is 6.08 Å². The maximum atomic E-state index is 11.7. The Morgan fingerprint density at radius 2 is 1.92 bits per heavy atom. The van der Waals surface area contributed by atoms with Crippen LogP contribution in [-0.4, -0.2) is 55.8 Å². The second-order valence-corrected chi connectivity index (χ2v) is 8.38. The lowest BCUT2D eigenvalue weighted by Crippen LogP contribution is -2.56. The maximum Gasteiger partial charge on any atom is 0.247 e. The number of hydrogen-bond donors (Lipinski definition) is 3. The number of nitrogens with one attached hydrogen (secondary N) is 3. The highest BCUT2D eigenvalue weighted by atomic mass is 16.2. The number of aromatic nitrogens is 4. The summed E-state index contributed by atoms with van der Waals surface area (Å²) < 4.78 is 0. The Kier molecular flexibility index (Phi) is 6.23. The average Bonchev–Trinajstić information content (AvgIpc) is 2.86. The second kappa shape index (κ2) is 9.79.